The van der Waals surface area contributed by atoms with Crippen molar-refractivity contribution in [3.63, 3.8) is 0 Å². The highest BCUT2D eigenvalue weighted by Crippen LogP contribution is 2.34. The van der Waals surface area contributed by atoms with Gasteiger partial charge in [-0.25, -0.2) is 18.0 Å². The summed E-state index contributed by atoms with van der Waals surface area (Å²) in [6.07, 6.45) is 0.213. The molecule has 0 bridgehead atoms. The van der Waals surface area contributed by atoms with Crippen molar-refractivity contribution in [1.82, 2.24) is 4.72 Å². The summed E-state index contributed by atoms with van der Waals surface area (Å²) >= 11 is 1.64. The monoisotopic (exact) mass is 448 g/mol. The van der Waals surface area contributed by atoms with Crippen LogP contribution in [0, 0.1) is 6.92 Å². The molecule has 3 rings (SSSR count). The molecule has 1 heterocycles. The fraction of sp³-hybridized carbons (Fsp3) is 0.333. The van der Waals surface area contributed by atoms with Gasteiger partial charge in [-0.05, 0) is 30.7 Å². The van der Waals surface area contributed by atoms with E-state index in [4.69, 9.17) is 4.74 Å². The zero-order valence-corrected chi connectivity index (χ0v) is 18.5. The van der Waals surface area contributed by atoms with Gasteiger partial charge in [0.15, 0.2) is 0 Å². The highest BCUT2D eigenvalue weighted by atomic mass is 32.2. The quantitative estimate of drug-likeness (QED) is 0.468. The van der Waals surface area contributed by atoms with E-state index in [9.17, 15) is 18.0 Å². The number of imide groups is 1. The summed E-state index contributed by atoms with van der Waals surface area (Å²) < 4.78 is 33.2. The summed E-state index contributed by atoms with van der Waals surface area (Å²) in [4.78, 5) is 25.1. The van der Waals surface area contributed by atoms with Gasteiger partial charge in [0.25, 0.3) is 0 Å². The topological polar surface area (TPSA) is 92.8 Å². The summed E-state index contributed by atoms with van der Waals surface area (Å²) in [5, 5.41) is 0. The first-order valence-electron chi connectivity index (χ1n) is 9.48. The molecule has 2 amide bonds. The molecule has 2 aromatic carbocycles. The number of rotatable bonds is 9. The van der Waals surface area contributed by atoms with Gasteiger partial charge in [0, 0.05) is 30.9 Å². The minimum atomic E-state index is -3.79. The SMILES string of the molecule is COc1ccc(S(=O)(=O)NCCSCc2cccc(C)c2)cc1N1C(=O)CCC1=O. The summed E-state index contributed by atoms with van der Waals surface area (Å²) in [5.41, 5.74) is 2.54. The number of hydrogen-bond acceptors (Lipinski definition) is 6. The Bertz CT molecular complexity index is 1040. The number of hydrogen-bond donors (Lipinski definition) is 1. The lowest BCUT2D eigenvalue weighted by Gasteiger charge is -2.18. The van der Waals surface area contributed by atoms with Gasteiger partial charge in [-0.1, -0.05) is 29.8 Å². The summed E-state index contributed by atoms with van der Waals surface area (Å²) in [5.74, 6) is 0.946. The van der Waals surface area contributed by atoms with Gasteiger partial charge in [-0.3, -0.25) is 9.59 Å². The molecule has 2 aromatic rings. The van der Waals surface area contributed by atoms with Gasteiger partial charge in [-0.2, -0.15) is 11.8 Å². The van der Waals surface area contributed by atoms with E-state index in [1.54, 1.807) is 11.8 Å². The number of aryl methyl sites for hydroxylation is 1. The van der Waals surface area contributed by atoms with E-state index < -0.39 is 10.0 Å². The lowest BCUT2D eigenvalue weighted by molar-refractivity contribution is -0.121. The molecule has 0 spiro atoms. The number of ether oxygens (including phenoxy) is 1. The fourth-order valence-corrected chi connectivity index (χ4v) is 5.17. The van der Waals surface area contributed by atoms with E-state index in [0.29, 0.717) is 5.75 Å². The second kappa shape index (κ2) is 9.63. The Morgan fingerprint density at radius 1 is 1.10 bits per heavy atom. The van der Waals surface area contributed by atoms with Crippen LogP contribution in [0.3, 0.4) is 0 Å². The molecule has 0 saturated carbocycles. The summed E-state index contributed by atoms with van der Waals surface area (Å²) in [7, 11) is -2.39. The highest BCUT2D eigenvalue weighted by Gasteiger charge is 2.33. The zero-order valence-electron chi connectivity index (χ0n) is 16.9. The van der Waals surface area contributed by atoms with Gasteiger partial charge >= 0.3 is 0 Å². The average Bonchev–Trinajstić information content (AvgIpc) is 3.05. The number of anilines is 1. The van der Waals surface area contributed by atoms with Crippen molar-refractivity contribution in [3.8, 4) is 5.75 Å². The van der Waals surface area contributed by atoms with E-state index in [1.807, 2.05) is 25.1 Å². The zero-order chi connectivity index (χ0) is 21.7. The van der Waals surface area contributed by atoms with Crippen LogP contribution in [-0.4, -0.2) is 39.6 Å². The minimum Gasteiger partial charge on any atom is -0.495 e. The second-order valence-electron chi connectivity index (χ2n) is 6.90. The number of nitrogens with zero attached hydrogens (tertiary/aromatic N) is 1. The second-order valence-corrected chi connectivity index (χ2v) is 9.77. The molecule has 1 aliphatic heterocycles. The van der Waals surface area contributed by atoms with Gasteiger partial charge in [0.05, 0.1) is 17.7 Å². The van der Waals surface area contributed by atoms with E-state index in [1.165, 1.54) is 36.4 Å². The Balaban J connectivity index is 1.64. The first-order valence-corrected chi connectivity index (χ1v) is 12.1. The Kier molecular flexibility index (Phi) is 7.17. The van der Waals surface area contributed by atoms with Crippen LogP contribution in [0.2, 0.25) is 0 Å². The van der Waals surface area contributed by atoms with E-state index >= 15 is 0 Å². The molecular weight excluding hydrogens is 424 g/mol. The third kappa shape index (κ3) is 5.21. The Labute approximate surface area is 180 Å². The largest absolute Gasteiger partial charge is 0.495 e. The summed E-state index contributed by atoms with van der Waals surface area (Å²) in [6.45, 7) is 2.30. The van der Waals surface area contributed by atoms with Crippen LogP contribution in [0.15, 0.2) is 47.4 Å². The van der Waals surface area contributed by atoms with Crippen molar-refractivity contribution in [2.75, 3.05) is 24.3 Å². The first-order chi connectivity index (χ1) is 14.3. The smallest absolute Gasteiger partial charge is 0.240 e. The number of benzene rings is 2. The third-order valence-corrected chi connectivity index (χ3v) is 7.13. The molecule has 1 aliphatic rings. The van der Waals surface area contributed by atoms with Crippen molar-refractivity contribution in [1.29, 1.82) is 0 Å². The van der Waals surface area contributed by atoms with Crippen LogP contribution in [-0.2, 0) is 25.4 Å². The van der Waals surface area contributed by atoms with Gasteiger partial charge in [-0.15, -0.1) is 0 Å². The van der Waals surface area contributed by atoms with Crippen LogP contribution in [0.5, 0.6) is 5.75 Å². The lowest BCUT2D eigenvalue weighted by atomic mass is 10.2. The van der Waals surface area contributed by atoms with Gasteiger partial charge in [0.1, 0.15) is 5.75 Å². The van der Waals surface area contributed by atoms with Gasteiger partial charge in [0.2, 0.25) is 21.8 Å². The average molecular weight is 449 g/mol. The van der Waals surface area contributed by atoms with E-state index in [0.717, 1.165) is 10.7 Å². The molecule has 0 aliphatic carbocycles. The number of nitrogens with one attached hydrogen (secondary N) is 1. The van der Waals surface area contributed by atoms with Crippen LogP contribution < -0.4 is 14.4 Å². The Hall–Kier alpha value is -2.36. The third-order valence-electron chi connectivity index (χ3n) is 4.64. The maximum Gasteiger partial charge on any atom is 0.240 e. The Morgan fingerprint density at radius 2 is 1.83 bits per heavy atom. The molecule has 0 atom stereocenters. The van der Waals surface area contributed by atoms with Crippen molar-refractivity contribution >= 4 is 39.3 Å². The number of carbonyl (C=O) groups excluding carboxylic acids is 2. The predicted molar refractivity (Wildman–Crippen MR) is 117 cm³/mol. The first kappa shape index (κ1) is 22.3. The van der Waals surface area contributed by atoms with Gasteiger partial charge < -0.3 is 4.74 Å². The highest BCUT2D eigenvalue weighted by molar-refractivity contribution is 7.98. The molecule has 1 saturated heterocycles. The molecule has 7 nitrogen and oxygen atoms in total. The maximum atomic E-state index is 12.7. The van der Waals surface area contributed by atoms with Crippen molar-refractivity contribution in [3.05, 3.63) is 53.6 Å². The van der Waals surface area contributed by atoms with Crippen molar-refractivity contribution in [2.45, 2.75) is 30.4 Å². The van der Waals surface area contributed by atoms with Crippen LogP contribution in [0.4, 0.5) is 5.69 Å². The number of methoxy groups -OCH3 is 1. The van der Waals surface area contributed by atoms with Crippen LogP contribution in [0.25, 0.3) is 0 Å². The molecule has 160 valence electrons. The van der Waals surface area contributed by atoms with Crippen LogP contribution in [0.1, 0.15) is 24.0 Å². The molecule has 0 radical (unpaired) electrons. The predicted octanol–water partition coefficient (Wildman–Crippen LogP) is 2.87. The molecule has 1 N–H and O–H groups in total. The standard InChI is InChI=1S/C21H24N2O5S2/c1-15-4-3-5-16(12-15)14-29-11-10-22-30(26,27)17-6-7-19(28-2)18(13-17)23-20(24)8-9-21(23)25/h3-7,12-13,22H,8-11,14H2,1-2H3. The fourth-order valence-electron chi connectivity index (χ4n) is 3.18. The molecule has 1 fully saturated rings. The molecule has 30 heavy (non-hydrogen) atoms. The normalized spacial score (nSPS) is 14.4. The van der Waals surface area contributed by atoms with E-state index in [2.05, 4.69) is 10.8 Å². The minimum absolute atomic E-state index is 0.0190. The molecular formula is C21H24N2O5S2. The van der Waals surface area contributed by atoms with E-state index in [-0.39, 0.29) is 47.5 Å². The number of amides is 2. The maximum absolute atomic E-state index is 12.7. The number of sulfonamides is 1. The van der Waals surface area contributed by atoms with Crippen molar-refractivity contribution in [2.24, 2.45) is 0 Å². The van der Waals surface area contributed by atoms with Crippen LogP contribution >= 0.6 is 11.8 Å². The Morgan fingerprint density at radius 3 is 2.50 bits per heavy atom. The lowest BCUT2D eigenvalue weighted by Crippen LogP contribution is -2.30. The number of thioether (sulfide) groups is 1. The van der Waals surface area contributed by atoms with Crippen molar-refractivity contribution < 1.29 is 22.7 Å². The summed E-state index contributed by atoms with van der Waals surface area (Å²) in [6, 6.07) is 12.4. The molecule has 9 heteroatoms. The number of carbonyl (C=O) groups is 2. The molecule has 0 aromatic heterocycles. The molecule has 0 unspecified atom stereocenters.